The van der Waals surface area contributed by atoms with Crippen LogP contribution in [0.3, 0.4) is 0 Å². The minimum absolute atomic E-state index is 0.208. The first kappa shape index (κ1) is 22.4. The van der Waals surface area contributed by atoms with Crippen LogP contribution in [-0.4, -0.2) is 24.2 Å². The maximum Gasteiger partial charge on any atom is 0.319 e. The molecule has 0 radical (unpaired) electrons. The molecule has 0 saturated carbocycles. The van der Waals surface area contributed by atoms with E-state index in [0.29, 0.717) is 18.7 Å². The number of thioether (sulfide) groups is 1. The molecule has 3 aromatic rings. The van der Waals surface area contributed by atoms with Crippen molar-refractivity contribution in [3.8, 4) is 0 Å². The highest BCUT2D eigenvalue weighted by atomic mass is 32.2. The Morgan fingerprint density at radius 1 is 0.839 bits per heavy atom. The Kier molecular flexibility index (Phi) is 8.55. The number of nitrogens with two attached hydrogens (primary N) is 1. The number of amides is 3. The average molecular weight is 434 g/mol. The number of primary amides is 1. The molecular weight excluding hydrogens is 406 g/mol. The summed E-state index contributed by atoms with van der Waals surface area (Å²) >= 11 is 1.50. The van der Waals surface area contributed by atoms with Crippen molar-refractivity contribution in [3.63, 3.8) is 0 Å². The molecule has 0 unspecified atom stereocenters. The van der Waals surface area contributed by atoms with Crippen molar-refractivity contribution in [1.29, 1.82) is 0 Å². The van der Waals surface area contributed by atoms with Gasteiger partial charge < -0.3 is 16.4 Å². The lowest BCUT2D eigenvalue weighted by molar-refractivity contribution is -0.117. The molecule has 4 N–H and O–H groups in total. The molecule has 0 aliphatic rings. The fraction of sp³-hybridized carbons (Fsp3) is 0.200. The van der Waals surface area contributed by atoms with Gasteiger partial charge in [-0.25, -0.2) is 4.79 Å². The van der Waals surface area contributed by atoms with Gasteiger partial charge in [-0.1, -0.05) is 72.8 Å². The molecule has 160 valence electrons. The summed E-state index contributed by atoms with van der Waals surface area (Å²) in [5.74, 6) is 0.451. The van der Waals surface area contributed by atoms with Crippen LogP contribution in [0.5, 0.6) is 0 Å². The Balaban J connectivity index is 1.57. The quantitative estimate of drug-likeness (QED) is 0.394. The van der Waals surface area contributed by atoms with Crippen LogP contribution in [0.1, 0.15) is 29.9 Å². The highest BCUT2D eigenvalue weighted by molar-refractivity contribution is 7.99. The summed E-state index contributed by atoms with van der Waals surface area (Å²) in [6.07, 6.45) is 1.09. The first-order valence-electron chi connectivity index (χ1n) is 10.3. The Labute approximate surface area is 187 Å². The monoisotopic (exact) mass is 433 g/mol. The van der Waals surface area contributed by atoms with Gasteiger partial charge in [0.25, 0.3) is 0 Å². The second kappa shape index (κ2) is 11.8. The molecule has 0 aliphatic heterocycles. The van der Waals surface area contributed by atoms with Gasteiger partial charge in [-0.15, -0.1) is 11.8 Å². The summed E-state index contributed by atoms with van der Waals surface area (Å²) in [5.41, 5.74) is 8.38. The van der Waals surface area contributed by atoms with E-state index >= 15 is 0 Å². The van der Waals surface area contributed by atoms with Gasteiger partial charge in [0.15, 0.2) is 0 Å². The lowest BCUT2D eigenvalue weighted by Crippen LogP contribution is -2.30. The smallest absolute Gasteiger partial charge is 0.319 e. The van der Waals surface area contributed by atoms with E-state index in [9.17, 15) is 9.59 Å². The molecule has 3 rings (SSSR count). The third-order valence-electron chi connectivity index (χ3n) is 4.86. The maximum absolute atomic E-state index is 12.5. The number of para-hydroxylation sites is 1. The Hall–Kier alpha value is -3.25. The molecule has 3 aromatic carbocycles. The maximum atomic E-state index is 12.5. The van der Waals surface area contributed by atoms with Crippen LogP contribution in [-0.2, 0) is 4.79 Å². The van der Waals surface area contributed by atoms with E-state index < -0.39 is 0 Å². The molecule has 0 aliphatic carbocycles. The van der Waals surface area contributed by atoms with E-state index in [1.807, 2.05) is 60.7 Å². The van der Waals surface area contributed by atoms with Crippen molar-refractivity contribution in [2.45, 2.75) is 23.7 Å². The van der Waals surface area contributed by atoms with Crippen LogP contribution >= 0.6 is 11.8 Å². The van der Waals surface area contributed by atoms with Crippen molar-refractivity contribution in [2.24, 2.45) is 5.73 Å². The molecule has 31 heavy (non-hydrogen) atoms. The molecule has 6 heteroatoms. The molecule has 0 heterocycles. The number of anilines is 1. The topological polar surface area (TPSA) is 84.2 Å². The zero-order valence-electron chi connectivity index (χ0n) is 17.3. The number of nitrogens with one attached hydrogen (secondary N) is 2. The number of carbonyl (C=O) groups is 2. The first-order valence-corrected chi connectivity index (χ1v) is 11.3. The van der Waals surface area contributed by atoms with Crippen LogP contribution in [0.4, 0.5) is 10.5 Å². The van der Waals surface area contributed by atoms with Crippen LogP contribution in [0.2, 0.25) is 0 Å². The molecule has 3 amide bonds. The average Bonchev–Trinajstić information content (AvgIpc) is 2.79. The van der Waals surface area contributed by atoms with Gasteiger partial charge in [0.2, 0.25) is 5.91 Å². The van der Waals surface area contributed by atoms with Gasteiger partial charge >= 0.3 is 6.03 Å². The molecule has 0 saturated heterocycles. The summed E-state index contributed by atoms with van der Waals surface area (Å²) in [6, 6.07) is 28.0. The summed E-state index contributed by atoms with van der Waals surface area (Å²) in [5, 5.41) is 5.88. The summed E-state index contributed by atoms with van der Waals surface area (Å²) in [7, 11) is 0. The van der Waals surface area contributed by atoms with Crippen LogP contribution in [0.15, 0.2) is 89.8 Å². The SMILES string of the molecule is NC(=O)CCSc1ccccc1NC(=O)NCCC(c1ccccc1)c1ccccc1. The first-order chi connectivity index (χ1) is 15.1. The predicted octanol–water partition coefficient (Wildman–Crippen LogP) is 5.00. The number of carbonyl (C=O) groups excluding carboxylic acids is 2. The third kappa shape index (κ3) is 7.19. The van der Waals surface area contributed by atoms with E-state index in [4.69, 9.17) is 5.73 Å². The minimum Gasteiger partial charge on any atom is -0.370 e. The van der Waals surface area contributed by atoms with Gasteiger partial charge in [0.05, 0.1) is 5.69 Å². The number of rotatable bonds is 10. The molecule has 0 bridgehead atoms. The zero-order chi connectivity index (χ0) is 21.9. The van der Waals surface area contributed by atoms with E-state index in [1.165, 1.54) is 22.9 Å². The molecule has 0 fully saturated rings. The molecule has 5 nitrogen and oxygen atoms in total. The number of benzene rings is 3. The van der Waals surface area contributed by atoms with E-state index in [1.54, 1.807) is 0 Å². The minimum atomic E-state index is -0.331. The van der Waals surface area contributed by atoms with Gasteiger partial charge in [0.1, 0.15) is 0 Å². The Bertz CT molecular complexity index is 941. The van der Waals surface area contributed by atoms with Gasteiger partial charge in [-0.3, -0.25) is 4.79 Å². The third-order valence-corrected chi connectivity index (χ3v) is 5.94. The Morgan fingerprint density at radius 3 is 2.03 bits per heavy atom. The highest BCUT2D eigenvalue weighted by Crippen LogP contribution is 2.28. The van der Waals surface area contributed by atoms with Crippen molar-refractivity contribution in [3.05, 3.63) is 96.1 Å². The lowest BCUT2D eigenvalue weighted by atomic mass is 9.88. The van der Waals surface area contributed by atoms with Crippen molar-refractivity contribution in [1.82, 2.24) is 5.32 Å². The van der Waals surface area contributed by atoms with Crippen molar-refractivity contribution >= 4 is 29.4 Å². The normalized spacial score (nSPS) is 10.6. The fourth-order valence-electron chi connectivity index (χ4n) is 3.35. The predicted molar refractivity (Wildman–Crippen MR) is 127 cm³/mol. The van der Waals surface area contributed by atoms with E-state index in [2.05, 4.69) is 34.9 Å². The number of hydrogen-bond donors (Lipinski definition) is 3. The summed E-state index contributed by atoms with van der Waals surface area (Å²) < 4.78 is 0. The molecule has 0 atom stereocenters. The molecular formula is C25H27N3O2S. The largest absolute Gasteiger partial charge is 0.370 e. The Morgan fingerprint density at radius 2 is 1.42 bits per heavy atom. The van der Waals surface area contributed by atoms with Crippen molar-refractivity contribution in [2.75, 3.05) is 17.6 Å². The summed E-state index contributed by atoms with van der Waals surface area (Å²) in [6.45, 7) is 0.539. The van der Waals surface area contributed by atoms with Crippen molar-refractivity contribution < 1.29 is 9.59 Å². The zero-order valence-corrected chi connectivity index (χ0v) is 18.1. The number of hydrogen-bond acceptors (Lipinski definition) is 3. The van der Waals surface area contributed by atoms with Gasteiger partial charge in [0, 0.05) is 29.5 Å². The lowest BCUT2D eigenvalue weighted by Gasteiger charge is -2.19. The standard InChI is InChI=1S/C25H27N3O2S/c26-24(29)16-18-31-23-14-8-7-13-22(23)28-25(30)27-17-15-21(19-9-3-1-4-10-19)20-11-5-2-6-12-20/h1-14,21H,15-18H2,(H2,26,29)(H2,27,28,30). The van der Waals surface area contributed by atoms with Crippen LogP contribution in [0, 0.1) is 0 Å². The van der Waals surface area contributed by atoms with E-state index in [0.717, 1.165) is 17.0 Å². The number of urea groups is 1. The highest BCUT2D eigenvalue weighted by Gasteiger charge is 2.14. The van der Waals surface area contributed by atoms with Gasteiger partial charge in [-0.2, -0.15) is 0 Å². The second-order valence-corrected chi connectivity index (χ2v) is 8.24. The summed E-state index contributed by atoms with van der Waals surface area (Å²) in [4.78, 5) is 24.4. The molecule has 0 aromatic heterocycles. The van der Waals surface area contributed by atoms with Gasteiger partial charge in [-0.05, 0) is 29.7 Å². The fourth-order valence-corrected chi connectivity index (χ4v) is 4.32. The van der Waals surface area contributed by atoms with Crippen LogP contribution < -0.4 is 16.4 Å². The molecule has 0 spiro atoms. The van der Waals surface area contributed by atoms with Crippen LogP contribution in [0.25, 0.3) is 0 Å². The second-order valence-electron chi connectivity index (χ2n) is 7.10. The van der Waals surface area contributed by atoms with E-state index in [-0.39, 0.29) is 17.9 Å².